The fourth-order valence-corrected chi connectivity index (χ4v) is 3.27. The minimum Gasteiger partial charge on any atom is -0.451 e. The van der Waals surface area contributed by atoms with Gasteiger partial charge in [-0.1, -0.05) is 26.8 Å². The molecule has 1 atom stereocenters. The highest BCUT2D eigenvalue weighted by Crippen LogP contribution is 2.21. The SMILES string of the molecule is CC(C)C.O=C(CNC(=O)c1cc2c(F)cccc2o1)CN(CC1CCNC1=O)C(=O)CCl. The molecule has 2 aromatic rings. The lowest BCUT2D eigenvalue weighted by molar-refractivity contribution is -0.134. The number of hydrogen-bond donors (Lipinski definition) is 2. The van der Waals surface area contributed by atoms with Gasteiger partial charge in [0.25, 0.3) is 5.91 Å². The summed E-state index contributed by atoms with van der Waals surface area (Å²) in [5.74, 6) is -2.30. The Balaban J connectivity index is 0.000000890. The van der Waals surface area contributed by atoms with E-state index < -0.39 is 29.3 Å². The van der Waals surface area contributed by atoms with E-state index in [0.29, 0.717) is 13.0 Å². The molecule has 2 N–H and O–H groups in total. The summed E-state index contributed by atoms with van der Waals surface area (Å²) >= 11 is 5.60. The molecule has 0 aliphatic carbocycles. The predicted octanol–water partition coefficient (Wildman–Crippen LogP) is 2.74. The molecule has 1 aromatic heterocycles. The smallest absolute Gasteiger partial charge is 0.287 e. The van der Waals surface area contributed by atoms with Crippen LogP contribution in [0.25, 0.3) is 11.0 Å². The maximum absolute atomic E-state index is 13.7. The Morgan fingerprint density at radius 1 is 1.30 bits per heavy atom. The van der Waals surface area contributed by atoms with Crippen LogP contribution in [0.4, 0.5) is 4.39 Å². The van der Waals surface area contributed by atoms with E-state index in [-0.39, 0.29) is 48.2 Å². The summed E-state index contributed by atoms with van der Waals surface area (Å²) in [6, 6.07) is 5.48. The van der Waals surface area contributed by atoms with Gasteiger partial charge in [-0.2, -0.15) is 0 Å². The van der Waals surface area contributed by atoms with Crippen molar-refractivity contribution in [1.82, 2.24) is 15.5 Å². The largest absolute Gasteiger partial charge is 0.451 e. The van der Waals surface area contributed by atoms with Crippen LogP contribution in [0.5, 0.6) is 0 Å². The van der Waals surface area contributed by atoms with Crippen LogP contribution in [0.2, 0.25) is 0 Å². The summed E-state index contributed by atoms with van der Waals surface area (Å²) in [6.07, 6.45) is 0.568. The van der Waals surface area contributed by atoms with Gasteiger partial charge in [0.15, 0.2) is 11.5 Å². The Morgan fingerprint density at radius 3 is 2.58 bits per heavy atom. The highest BCUT2D eigenvalue weighted by Gasteiger charge is 2.29. The molecule has 1 saturated heterocycles. The molecule has 1 aliphatic rings. The third-order valence-electron chi connectivity index (χ3n) is 4.62. The zero-order valence-corrected chi connectivity index (χ0v) is 19.7. The highest BCUT2D eigenvalue weighted by molar-refractivity contribution is 6.27. The number of benzene rings is 1. The van der Waals surface area contributed by atoms with Gasteiger partial charge in [0.05, 0.1) is 24.4 Å². The van der Waals surface area contributed by atoms with Crippen LogP contribution < -0.4 is 10.6 Å². The molecule has 10 heteroatoms. The van der Waals surface area contributed by atoms with Crippen LogP contribution in [-0.2, 0) is 14.4 Å². The summed E-state index contributed by atoms with van der Waals surface area (Å²) in [5.41, 5.74) is 0.218. The van der Waals surface area contributed by atoms with Crippen LogP contribution in [0.3, 0.4) is 0 Å². The summed E-state index contributed by atoms with van der Waals surface area (Å²) in [7, 11) is 0. The van der Waals surface area contributed by atoms with Gasteiger partial charge in [0.2, 0.25) is 11.8 Å². The maximum Gasteiger partial charge on any atom is 0.287 e. The van der Waals surface area contributed by atoms with Gasteiger partial charge in [0, 0.05) is 19.2 Å². The van der Waals surface area contributed by atoms with E-state index in [4.69, 9.17) is 16.0 Å². The quantitative estimate of drug-likeness (QED) is 0.563. The molecule has 3 rings (SSSR count). The number of amides is 3. The Morgan fingerprint density at radius 2 is 2.00 bits per heavy atom. The zero-order valence-electron chi connectivity index (χ0n) is 19.0. The minimum atomic E-state index is -0.681. The van der Waals surface area contributed by atoms with Crippen molar-refractivity contribution in [1.29, 1.82) is 0 Å². The van der Waals surface area contributed by atoms with Crippen molar-refractivity contribution in [2.45, 2.75) is 27.2 Å². The number of rotatable bonds is 8. The molecular formula is C23H29ClFN3O5. The zero-order chi connectivity index (χ0) is 24.5. The molecule has 1 aromatic carbocycles. The van der Waals surface area contributed by atoms with Crippen LogP contribution in [0, 0.1) is 17.7 Å². The normalized spacial score (nSPS) is 15.1. The maximum atomic E-state index is 13.7. The number of carbonyl (C=O) groups is 4. The summed E-state index contributed by atoms with van der Waals surface area (Å²) in [6.45, 7) is 6.46. The van der Waals surface area contributed by atoms with Crippen molar-refractivity contribution >= 4 is 46.1 Å². The lowest BCUT2D eigenvalue weighted by Crippen LogP contribution is -2.44. The first-order valence-corrected chi connectivity index (χ1v) is 11.2. The van der Waals surface area contributed by atoms with Crippen molar-refractivity contribution in [2.75, 3.05) is 32.1 Å². The van der Waals surface area contributed by atoms with Gasteiger partial charge in [-0.05, 0) is 24.5 Å². The van der Waals surface area contributed by atoms with Crippen LogP contribution >= 0.6 is 11.6 Å². The number of fused-ring (bicyclic) bond motifs is 1. The van der Waals surface area contributed by atoms with Gasteiger partial charge in [-0.25, -0.2) is 4.39 Å². The molecule has 1 unspecified atom stereocenters. The monoisotopic (exact) mass is 481 g/mol. The average molecular weight is 482 g/mol. The van der Waals surface area contributed by atoms with E-state index in [9.17, 15) is 23.6 Å². The molecule has 33 heavy (non-hydrogen) atoms. The van der Waals surface area contributed by atoms with E-state index >= 15 is 0 Å². The Labute approximate surface area is 196 Å². The Kier molecular flexibility index (Phi) is 9.84. The van der Waals surface area contributed by atoms with Crippen molar-refractivity contribution in [3.05, 3.63) is 35.8 Å². The van der Waals surface area contributed by atoms with Crippen LogP contribution in [0.1, 0.15) is 37.7 Å². The number of ketones is 1. The third-order valence-corrected chi connectivity index (χ3v) is 4.84. The lowest BCUT2D eigenvalue weighted by Gasteiger charge is -2.23. The van der Waals surface area contributed by atoms with E-state index in [0.717, 1.165) is 5.92 Å². The summed E-state index contributed by atoms with van der Waals surface area (Å²) in [5, 5.41) is 5.22. The van der Waals surface area contributed by atoms with Gasteiger partial charge in [-0.15, -0.1) is 11.6 Å². The average Bonchev–Trinajstić information content (AvgIpc) is 3.37. The van der Waals surface area contributed by atoms with Crippen molar-refractivity contribution in [3.8, 4) is 0 Å². The van der Waals surface area contributed by atoms with Crippen LogP contribution in [0.15, 0.2) is 28.7 Å². The second-order valence-corrected chi connectivity index (χ2v) is 8.67. The van der Waals surface area contributed by atoms with Gasteiger partial charge >= 0.3 is 0 Å². The molecule has 0 radical (unpaired) electrons. The predicted molar refractivity (Wildman–Crippen MR) is 122 cm³/mol. The number of furan rings is 1. The molecular weight excluding hydrogens is 453 g/mol. The molecule has 180 valence electrons. The van der Waals surface area contributed by atoms with Gasteiger partial charge < -0.3 is 20.0 Å². The molecule has 3 amide bonds. The number of halogens is 2. The first-order chi connectivity index (χ1) is 15.6. The summed E-state index contributed by atoms with van der Waals surface area (Å²) < 4.78 is 19.0. The van der Waals surface area contributed by atoms with Crippen molar-refractivity contribution in [3.63, 3.8) is 0 Å². The second-order valence-electron chi connectivity index (χ2n) is 8.40. The Hall–Kier alpha value is -2.94. The minimum absolute atomic E-state index is 0.0833. The van der Waals surface area contributed by atoms with E-state index in [2.05, 4.69) is 31.4 Å². The molecule has 1 aliphatic heterocycles. The van der Waals surface area contributed by atoms with Gasteiger partial charge in [-0.3, -0.25) is 19.2 Å². The van der Waals surface area contributed by atoms with Crippen molar-refractivity contribution < 1.29 is 28.0 Å². The van der Waals surface area contributed by atoms with Crippen LogP contribution in [-0.4, -0.2) is 60.5 Å². The molecule has 1 fully saturated rings. The van der Waals surface area contributed by atoms with E-state index in [1.165, 1.54) is 29.2 Å². The number of nitrogens with one attached hydrogen (secondary N) is 2. The standard InChI is InChI=1S/C19H19ClFN3O5.C4H10/c20-7-17(26)24(9-11-4-5-22-18(11)27)10-12(25)8-23-19(28)16-6-13-14(21)2-1-3-15(13)29-16;1-4(2)3/h1-3,6,11H,4-5,7-10H2,(H,22,27)(H,23,28);4H,1-3H3. The fraction of sp³-hybridized carbons (Fsp3) is 0.478. The molecule has 0 bridgehead atoms. The first kappa shape index (κ1) is 26.3. The summed E-state index contributed by atoms with van der Waals surface area (Å²) in [4.78, 5) is 49.4. The molecule has 8 nitrogen and oxygen atoms in total. The van der Waals surface area contributed by atoms with E-state index in [1.807, 2.05) is 0 Å². The topological polar surface area (TPSA) is 109 Å². The first-order valence-electron chi connectivity index (χ1n) is 10.7. The number of carbonyl (C=O) groups excluding carboxylic acids is 4. The second kappa shape index (κ2) is 12.3. The molecule has 0 spiro atoms. The number of alkyl halides is 1. The number of hydrogen-bond acceptors (Lipinski definition) is 5. The van der Waals surface area contributed by atoms with Crippen molar-refractivity contribution in [2.24, 2.45) is 11.8 Å². The number of Topliss-reactive ketones (excluding diaryl/α,β-unsaturated/α-hetero) is 1. The fourth-order valence-electron chi connectivity index (χ4n) is 3.10. The highest BCUT2D eigenvalue weighted by atomic mass is 35.5. The molecule has 2 heterocycles. The third kappa shape index (κ3) is 7.85. The van der Waals surface area contributed by atoms with Gasteiger partial charge in [0.1, 0.15) is 17.3 Å². The number of nitrogens with zero attached hydrogens (tertiary/aromatic N) is 1. The Bertz CT molecular complexity index is 1000. The lowest BCUT2D eigenvalue weighted by atomic mass is 10.1. The molecule has 0 saturated carbocycles. The van der Waals surface area contributed by atoms with E-state index in [1.54, 1.807) is 0 Å².